The number of benzene rings is 10. The predicted octanol–water partition coefficient (Wildman–Crippen LogP) is 18.9. The molecule has 70 heavy (non-hydrogen) atoms. The summed E-state index contributed by atoms with van der Waals surface area (Å²) in [5.41, 5.74) is 22.8. The maximum Gasteiger partial charge on any atom is 0.0493 e. The van der Waals surface area contributed by atoms with Crippen LogP contribution in [0.15, 0.2) is 249 Å². The van der Waals surface area contributed by atoms with Crippen molar-refractivity contribution in [1.29, 1.82) is 0 Å². The predicted molar refractivity (Wildman–Crippen MR) is 298 cm³/mol. The summed E-state index contributed by atoms with van der Waals surface area (Å²) in [4.78, 5) is 4.91. The fraction of sp³-hybridized carbons (Fsp3) is 0.118. The van der Waals surface area contributed by atoms with E-state index in [1.54, 1.807) is 0 Å². The molecule has 1 aliphatic rings. The summed E-state index contributed by atoms with van der Waals surface area (Å²) in [7, 11) is 0. The van der Waals surface area contributed by atoms with E-state index < -0.39 is 0 Å². The minimum atomic E-state index is -0.246. The zero-order chi connectivity index (χ0) is 47.8. The van der Waals surface area contributed by atoms with Crippen LogP contribution in [0.3, 0.4) is 0 Å². The molecule has 10 aromatic rings. The lowest BCUT2D eigenvalue weighted by atomic mass is 9.74. The normalized spacial score (nSPS) is 14.8. The van der Waals surface area contributed by atoms with E-state index in [9.17, 15) is 0 Å². The van der Waals surface area contributed by atoms with E-state index in [1.165, 1.54) is 83.7 Å². The van der Waals surface area contributed by atoms with Crippen LogP contribution in [0.2, 0.25) is 0 Å². The maximum atomic E-state index is 2.51. The van der Waals surface area contributed by atoms with Crippen LogP contribution in [0, 0.1) is 13.8 Å². The lowest BCUT2D eigenvalue weighted by molar-refractivity contribution is 0.425. The Balaban J connectivity index is 1.01. The monoisotopic (exact) mass is 902 g/mol. The third kappa shape index (κ3) is 8.41. The van der Waals surface area contributed by atoms with Gasteiger partial charge in [-0.2, -0.15) is 0 Å². The maximum absolute atomic E-state index is 2.51. The number of fused-ring (bicyclic) bond motifs is 1. The standard InChI is InChI=1S/C68H58N2/c1-48-26-35-58(45-65(48)69(59-36-27-54(28-37-59)50-18-10-6-11-19-50)60-38-29-55(30-39-60)51-20-12-7-13-21-51)68(5)47-67(3,4)63-46-66(49(2)44-64(63)68)70(61-40-31-56(32-41-61)52-22-14-8-15-23-52)62-42-33-57(34-43-62)53-24-16-9-17-25-53/h6-46H,47H2,1-5H3. The highest BCUT2D eigenvalue weighted by molar-refractivity contribution is 5.84. The first kappa shape index (κ1) is 44.3. The average molecular weight is 903 g/mol. The minimum absolute atomic E-state index is 0.0994. The second-order valence-electron chi connectivity index (χ2n) is 19.9. The zero-order valence-electron chi connectivity index (χ0n) is 40.8. The van der Waals surface area contributed by atoms with Gasteiger partial charge >= 0.3 is 0 Å². The van der Waals surface area contributed by atoms with Gasteiger partial charge in [-0.05, 0) is 159 Å². The molecule has 0 aliphatic heterocycles. The van der Waals surface area contributed by atoms with Gasteiger partial charge in [0.1, 0.15) is 0 Å². The Hall–Kier alpha value is -8.20. The second kappa shape index (κ2) is 18.4. The third-order valence-electron chi connectivity index (χ3n) is 14.7. The van der Waals surface area contributed by atoms with Gasteiger partial charge in [-0.1, -0.05) is 209 Å². The molecule has 340 valence electrons. The Morgan fingerprint density at radius 1 is 0.300 bits per heavy atom. The van der Waals surface area contributed by atoms with Gasteiger partial charge in [0.25, 0.3) is 0 Å². The molecule has 1 atom stereocenters. The van der Waals surface area contributed by atoms with Crippen molar-refractivity contribution in [3.05, 3.63) is 277 Å². The van der Waals surface area contributed by atoms with Gasteiger partial charge in [0, 0.05) is 39.5 Å². The SMILES string of the molecule is Cc1ccc(C2(C)CC(C)(C)c3cc(N(c4ccc(-c5ccccc5)cc4)c4ccc(-c5ccccc5)cc4)c(C)cc32)cc1N(c1ccc(-c2ccccc2)cc1)c1ccc(-c2ccccc2)cc1. The molecule has 10 aromatic carbocycles. The first-order valence-corrected chi connectivity index (χ1v) is 24.6. The van der Waals surface area contributed by atoms with Crippen molar-refractivity contribution in [2.45, 2.75) is 51.9 Å². The molecule has 0 N–H and O–H groups in total. The lowest BCUT2D eigenvalue weighted by Crippen LogP contribution is -2.24. The Morgan fingerprint density at radius 2 is 0.614 bits per heavy atom. The van der Waals surface area contributed by atoms with Crippen molar-refractivity contribution in [2.24, 2.45) is 0 Å². The summed E-state index contributed by atoms with van der Waals surface area (Å²) in [5, 5.41) is 0. The molecular weight excluding hydrogens is 845 g/mol. The van der Waals surface area contributed by atoms with Gasteiger partial charge < -0.3 is 9.80 Å². The smallest absolute Gasteiger partial charge is 0.0493 e. The van der Waals surface area contributed by atoms with Crippen LogP contribution in [0.4, 0.5) is 34.1 Å². The first-order valence-electron chi connectivity index (χ1n) is 24.6. The highest BCUT2D eigenvalue weighted by Crippen LogP contribution is 2.56. The number of hydrogen-bond donors (Lipinski definition) is 0. The second-order valence-corrected chi connectivity index (χ2v) is 19.9. The molecule has 0 heterocycles. The summed E-state index contributed by atoms with van der Waals surface area (Å²) in [6.07, 6.45) is 0.982. The molecule has 0 fully saturated rings. The van der Waals surface area contributed by atoms with Crippen LogP contribution in [-0.2, 0) is 10.8 Å². The summed E-state index contributed by atoms with van der Waals surface area (Å²) in [5.74, 6) is 0. The molecule has 0 aromatic heterocycles. The molecule has 0 amide bonds. The van der Waals surface area contributed by atoms with Crippen LogP contribution >= 0.6 is 0 Å². The molecule has 0 saturated heterocycles. The van der Waals surface area contributed by atoms with Gasteiger partial charge in [-0.15, -0.1) is 0 Å². The lowest BCUT2D eigenvalue weighted by Gasteiger charge is -2.33. The highest BCUT2D eigenvalue weighted by atomic mass is 15.1. The molecule has 1 aliphatic carbocycles. The van der Waals surface area contributed by atoms with Crippen molar-refractivity contribution >= 4 is 34.1 Å². The Kier molecular flexibility index (Phi) is 11.6. The molecule has 2 heteroatoms. The van der Waals surface area contributed by atoms with Crippen molar-refractivity contribution in [3.8, 4) is 44.5 Å². The number of nitrogens with zero attached hydrogens (tertiary/aromatic N) is 2. The summed E-state index contributed by atoms with van der Waals surface area (Å²) in [6, 6.07) is 91.1. The molecule has 0 spiro atoms. The van der Waals surface area contributed by atoms with Crippen LogP contribution in [0.25, 0.3) is 44.5 Å². The zero-order valence-corrected chi connectivity index (χ0v) is 40.8. The van der Waals surface area contributed by atoms with E-state index in [2.05, 4.69) is 293 Å². The third-order valence-corrected chi connectivity index (χ3v) is 14.7. The van der Waals surface area contributed by atoms with Crippen molar-refractivity contribution < 1.29 is 0 Å². The molecule has 0 radical (unpaired) electrons. The topological polar surface area (TPSA) is 6.48 Å². The summed E-state index contributed by atoms with van der Waals surface area (Å²) in [6.45, 7) is 11.9. The van der Waals surface area contributed by atoms with E-state index in [4.69, 9.17) is 0 Å². The molecule has 0 saturated carbocycles. The highest BCUT2D eigenvalue weighted by Gasteiger charge is 2.46. The molecule has 0 bridgehead atoms. The van der Waals surface area contributed by atoms with Crippen LogP contribution in [-0.4, -0.2) is 0 Å². The molecular formula is C68H58N2. The van der Waals surface area contributed by atoms with Crippen LogP contribution in [0.5, 0.6) is 0 Å². The largest absolute Gasteiger partial charge is 0.310 e. The van der Waals surface area contributed by atoms with Crippen molar-refractivity contribution in [2.75, 3.05) is 9.80 Å². The Morgan fingerprint density at radius 3 is 0.957 bits per heavy atom. The fourth-order valence-electron chi connectivity index (χ4n) is 11.1. The Bertz CT molecular complexity index is 3230. The van der Waals surface area contributed by atoms with Crippen molar-refractivity contribution in [1.82, 2.24) is 0 Å². The van der Waals surface area contributed by atoms with Crippen LogP contribution < -0.4 is 9.80 Å². The fourth-order valence-corrected chi connectivity index (χ4v) is 11.1. The number of anilines is 6. The first-order chi connectivity index (χ1) is 34.1. The number of rotatable bonds is 11. The minimum Gasteiger partial charge on any atom is -0.310 e. The van der Waals surface area contributed by atoms with E-state index in [-0.39, 0.29) is 10.8 Å². The van der Waals surface area contributed by atoms with Crippen molar-refractivity contribution in [3.63, 3.8) is 0 Å². The summed E-state index contributed by atoms with van der Waals surface area (Å²) >= 11 is 0. The van der Waals surface area contributed by atoms with E-state index in [0.717, 1.165) is 29.2 Å². The van der Waals surface area contributed by atoms with Crippen LogP contribution in [0.1, 0.15) is 55.0 Å². The Labute approximate surface area is 414 Å². The number of aryl methyl sites for hydroxylation is 2. The number of hydrogen-bond acceptors (Lipinski definition) is 2. The molecule has 1 unspecified atom stereocenters. The quantitative estimate of drug-likeness (QED) is 0.128. The van der Waals surface area contributed by atoms with Gasteiger partial charge in [-0.3, -0.25) is 0 Å². The molecule has 2 nitrogen and oxygen atoms in total. The van der Waals surface area contributed by atoms with Gasteiger partial charge in [0.15, 0.2) is 0 Å². The van der Waals surface area contributed by atoms with E-state index in [0.29, 0.717) is 0 Å². The summed E-state index contributed by atoms with van der Waals surface area (Å²) < 4.78 is 0. The van der Waals surface area contributed by atoms with Gasteiger partial charge in [0.05, 0.1) is 0 Å². The van der Waals surface area contributed by atoms with Gasteiger partial charge in [-0.25, -0.2) is 0 Å². The average Bonchev–Trinajstić information content (AvgIpc) is 3.62. The van der Waals surface area contributed by atoms with E-state index >= 15 is 0 Å². The molecule has 11 rings (SSSR count). The van der Waals surface area contributed by atoms with E-state index in [1.807, 2.05) is 0 Å². The van der Waals surface area contributed by atoms with Gasteiger partial charge in [0.2, 0.25) is 0 Å².